The molecular weight excluding hydrogens is 334 g/mol. The topological polar surface area (TPSA) is 97.6 Å². The molecule has 8 nitrogen and oxygen atoms in total. The van der Waals surface area contributed by atoms with Crippen LogP contribution in [0.15, 0.2) is 28.5 Å². The first-order valence-corrected chi connectivity index (χ1v) is 9.09. The molecule has 0 aromatic heterocycles. The largest absolute Gasteiger partial charge is 0.478 e. The average Bonchev–Trinajstić information content (AvgIpc) is 3.16. The van der Waals surface area contributed by atoms with Crippen LogP contribution in [0.25, 0.3) is 0 Å². The molecule has 1 aromatic carbocycles. The lowest BCUT2D eigenvalue weighted by molar-refractivity contribution is 0.0697. The summed E-state index contributed by atoms with van der Waals surface area (Å²) in [6.07, 6.45) is 2.11. The molecule has 0 bridgehead atoms. The van der Waals surface area contributed by atoms with Crippen molar-refractivity contribution in [3.05, 3.63) is 29.3 Å². The summed E-state index contributed by atoms with van der Waals surface area (Å²) in [7, 11) is 0. The number of likely N-dealkylation sites (N-methyl/N-ethyl adjacent to an activating group) is 1. The molecule has 1 aliphatic rings. The maximum Gasteiger partial charge on any atom is 0.337 e. The van der Waals surface area contributed by atoms with Crippen LogP contribution in [0.1, 0.15) is 47.4 Å². The Hall–Kier alpha value is -2.48. The van der Waals surface area contributed by atoms with Gasteiger partial charge in [0.25, 0.3) is 5.91 Å². The van der Waals surface area contributed by atoms with Gasteiger partial charge in [0.05, 0.1) is 5.56 Å². The van der Waals surface area contributed by atoms with Gasteiger partial charge in [-0.15, -0.1) is 5.11 Å². The molecule has 1 heterocycles. The Morgan fingerprint density at radius 1 is 1.23 bits per heavy atom. The van der Waals surface area contributed by atoms with Crippen molar-refractivity contribution >= 4 is 17.6 Å². The van der Waals surface area contributed by atoms with E-state index >= 15 is 0 Å². The Balaban J connectivity index is 2.07. The molecule has 1 fully saturated rings. The van der Waals surface area contributed by atoms with Gasteiger partial charge in [0.2, 0.25) is 0 Å². The Labute approximate surface area is 153 Å². The van der Waals surface area contributed by atoms with Crippen molar-refractivity contribution in [2.45, 2.75) is 26.7 Å². The van der Waals surface area contributed by atoms with Gasteiger partial charge in [-0.2, -0.15) is 0 Å². The highest BCUT2D eigenvalue weighted by atomic mass is 16.4. The molecule has 1 aromatic rings. The van der Waals surface area contributed by atoms with Crippen LogP contribution < -0.4 is 5.32 Å². The van der Waals surface area contributed by atoms with E-state index in [-0.39, 0.29) is 17.2 Å². The fourth-order valence-corrected chi connectivity index (χ4v) is 2.81. The number of hydrogen-bond donors (Lipinski definition) is 2. The molecule has 1 saturated heterocycles. The molecule has 0 aliphatic carbocycles. The van der Waals surface area contributed by atoms with Gasteiger partial charge >= 0.3 is 5.97 Å². The van der Waals surface area contributed by atoms with E-state index in [4.69, 9.17) is 0 Å². The third-order valence-electron chi connectivity index (χ3n) is 4.46. The van der Waals surface area contributed by atoms with Gasteiger partial charge in [-0.05, 0) is 44.1 Å². The third-order valence-corrected chi connectivity index (χ3v) is 4.46. The molecule has 2 N–H and O–H groups in total. The average molecular weight is 361 g/mol. The minimum atomic E-state index is -1.09. The van der Waals surface area contributed by atoms with Crippen molar-refractivity contribution in [1.82, 2.24) is 15.2 Å². The molecule has 0 atom stereocenters. The number of carboxylic acid groups (broad SMARTS) is 1. The summed E-state index contributed by atoms with van der Waals surface area (Å²) >= 11 is 0. The number of nitrogens with zero attached hydrogens (tertiary/aromatic N) is 4. The summed E-state index contributed by atoms with van der Waals surface area (Å²) in [4.78, 5) is 25.9. The smallest absolute Gasteiger partial charge is 0.337 e. The normalized spacial score (nSPS) is 14.3. The van der Waals surface area contributed by atoms with Crippen molar-refractivity contribution < 1.29 is 14.7 Å². The monoisotopic (exact) mass is 361 g/mol. The van der Waals surface area contributed by atoms with E-state index < -0.39 is 5.97 Å². The lowest BCUT2D eigenvalue weighted by Gasteiger charge is -2.18. The molecule has 8 heteroatoms. The minimum Gasteiger partial charge on any atom is -0.478 e. The van der Waals surface area contributed by atoms with Gasteiger partial charge in [-0.3, -0.25) is 9.80 Å². The summed E-state index contributed by atoms with van der Waals surface area (Å²) in [6.45, 7) is 8.96. The Morgan fingerprint density at radius 2 is 1.92 bits per heavy atom. The first-order chi connectivity index (χ1) is 12.5. The molecule has 0 spiro atoms. The van der Waals surface area contributed by atoms with E-state index in [1.165, 1.54) is 18.2 Å². The van der Waals surface area contributed by atoms with E-state index in [0.29, 0.717) is 12.1 Å². The summed E-state index contributed by atoms with van der Waals surface area (Å²) < 4.78 is 0. The second-order valence-electron chi connectivity index (χ2n) is 6.17. The quantitative estimate of drug-likeness (QED) is 0.659. The molecule has 0 radical (unpaired) electrons. The highest BCUT2D eigenvalue weighted by molar-refractivity contribution is 5.99. The molecular formula is C18H27N5O3. The Kier molecular flexibility index (Phi) is 7.53. The summed E-state index contributed by atoms with van der Waals surface area (Å²) in [5.74, 6) is -1.33. The van der Waals surface area contributed by atoms with Crippen LogP contribution in [-0.4, -0.2) is 66.2 Å². The maximum atomic E-state index is 12.3. The van der Waals surface area contributed by atoms with Gasteiger partial charge in [0, 0.05) is 31.7 Å². The molecule has 0 unspecified atom stereocenters. The molecule has 2 rings (SSSR count). The number of amides is 1. The van der Waals surface area contributed by atoms with Crippen LogP contribution in [0.2, 0.25) is 0 Å². The van der Waals surface area contributed by atoms with Gasteiger partial charge in [-0.1, -0.05) is 19.1 Å². The number of aromatic carboxylic acids is 1. The summed E-state index contributed by atoms with van der Waals surface area (Å²) in [5, 5.41) is 22.2. The zero-order chi connectivity index (χ0) is 18.9. The number of hydrogen-bond acceptors (Lipinski definition) is 5. The standard InChI is InChI=1S/C18H27N5O3/c1-3-22(4-2)12-9-19-17(24)14-7-8-15(18(25)26)16(13-14)20-21-23-10-5-6-11-23/h7-8,13H,3-6,9-12H2,1-2H3,(H,19,24)(H,25,26). The number of rotatable bonds is 9. The first-order valence-electron chi connectivity index (χ1n) is 9.09. The van der Waals surface area contributed by atoms with Crippen molar-refractivity contribution in [3.63, 3.8) is 0 Å². The van der Waals surface area contributed by atoms with Crippen LogP contribution in [0.4, 0.5) is 5.69 Å². The molecule has 0 saturated carbocycles. The number of carbonyl (C=O) groups is 2. The lowest BCUT2D eigenvalue weighted by atomic mass is 10.1. The van der Waals surface area contributed by atoms with Crippen LogP contribution in [0, 0.1) is 0 Å². The molecule has 142 valence electrons. The number of carboxylic acids is 1. The summed E-state index contributed by atoms with van der Waals surface area (Å²) in [6, 6.07) is 4.39. The lowest BCUT2D eigenvalue weighted by Crippen LogP contribution is -2.34. The molecule has 1 amide bonds. The van der Waals surface area contributed by atoms with E-state index in [2.05, 4.69) is 34.4 Å². The van der Waals surface area contributed by atoms with E-state index in [9.17, 15) is 14.7 Å². The van der Waals surface area contributed by atoms with E-state index in [1.807, 2.05) is 5.01 Å². The summed E-state index contributed by atoms with van der Waals surface area (Å²) in [5.41, 5.74) is 0.610. The van der Waals surface area contributed by atoms with Crippen LogP contribution >= 0.6 is 0 Å². The fourth-order valence-electron chi connectivity index (χ4n) is 2.81. The van der Waals surface area contributed by atoms with Crippen LogP contribution in [-0.2, 0) is 0 Å². The van der Waals surface area contributed by atoms with Crippen LogP contribution in [0.5, 0.6) is 0 Å². The zero-order valence-electron chi connectivity index (χ0n) is 15.4. The van der Waals surface area contributed by atoms with Gasteiger partial charge in [0.15, 0.2) is 0 Å². The van der Waals surface area contributed by atoms with Gasteiger partial charge < -0.3 is 15.3 Å². The van der Waals surface area contributed by atoms with Gasteiger partial charge in [0.1, 0.15) is 5.69 Å². The molecule has 26 heavy (non-hydrogen) atoms. The fraction of sp³-hybridized carbons (Fsp3) is 0.556. The van der Waals surface area contributed by atoms with Crippen LogP contribution in [0.3, 0.4) is 0 Å². The number of nitrogens with one attached hydrogen (secondary N) is 1. The third kappa shape index (κ3) is 5.52. The Morgan fingerprint density at radius 3 is 2.54 bits per heavy atom. The Bertz CT molecular complexity index is 652. The first kappa shape index (κ1) is 19.8. The molecule has 1 aliphatic heterocycles. The predicted molar refractivity (Wildman–Crippen MR) is 98.8 cm³/mol. The van der Waals surface area contributed by atoms with Crippen molar-refractivity contribution in [3.8, 4) is 0 Å². The highest BCUT2D eigenvalue weighted by Gasteiger charge is 2.15. The van der Waals surface area contributed by atoms with E-state index in [0.717, 1.165) is 45.6 Å². The minimum absolute atomic E-state index is 0.0349. The maximum absolute atomic E-state index is 12.3. The number of benzene rings is 1. The number of carbonyl (C=O) groups excluding carboxylic acids is 1. The van der Waals surface area contributed by atoms with Crippen molar-refractivity contribution in [2.24, 2.45) is 10.3 Å². The van der Waals surface area contributed by atoms with Gasteiger partial charge in [-0.25, -0.2) is 4.79 Å². The zero-order valence-corrected chi connectivity index (χ0v) is 15.4. The predicted octanol–water partition coefficient (Wildman–Crippen LogP) is 2.55. The van der Waals surface area contributed by atoms with Crippen molar-refractivity contribution in [1.29, 1.82) is 0 Å². The second-order valence-corrected chi connectivity index (χ2v) is 6.17. The highest BCUT2D eigenvalue weighted by Crippen LogP contribution is 2.23. The SMILES string of the molecule is CCN(CC)CCNC(=O)c1ccc(C(=O)O)c(N=NN2CCCC2)c1. The van der Waals surface area contributed by atoms with Crippen molar-refractivity contribution in [2.75, 3.05) is 39.3 Å². The van der Waals surface area contributed by atoms with E-state index in [1.54, 1.807) is 0 Å². The second kappa shape index (κ2) is 9.86.